The number of amides is 1. The topological polar surface area (TPSA) is 64.4 Å². The quantitative estimate of drug-likeness (QED) is 0.284. The molecular formula is C29H39N3O3. The van der Waals surface area contributed by atoms with Crippen molar-refractivity contribution < 1.29 is 9.53 Å². The molecule has 2 aromatic carbocycles. The van der Waals surface area contributed by atoms with E-state index in [9.17, 15) is 9.59 Å². The fourth-order valence-corrected chi connectivity index (χ4v) is 4.53. The third-order valence-corrected chi connectivity index (χ3v) is 6.51. The summed E-state index contributed by atoms with van der Waals surface area (Å²) < 4.78 is 7.03. The lowest BCUT2D eigenvalue weighted by Gasteiger charge is -2.32. The maximum atomic E-state index is 13.7. The Morgan fingerprint density at radius 1 is 1.03 bits per heavy atom. The first-order valence-electron chi connectivity index (χ1n) is 12.9. The summed E-state index contributed by atoms with van der Waals surface area (Å²) in [5.41, 5.74) is 2.40. The van der Waals surface area contributed by atoms with E-state index in [0.29, 0.717) is 42.7 Å². The number of benzene rings is 2. The second kappa shape index (κ2) is 13.2. The minimum Gasteiger partial charge on any atom is -0.383 e. The van der Waals surface area contributed by atoms with Gasteiger partial charge < -0.3 is 9.64 Å². The summed E-state index contributed by atoms with van der Waals surface area (Å²) in [5.74, 6) is 0.679. The van der Waals surface area contributed by atoms with Gasteiger partial charge in [-0.3, -0.25) is 14.2 Å². The lowest BCUT2D eigenvalue weighted by molar-refractivity contribution is -0.135. The van der Waals surface area contributed by atoms with Crippen molar-refractivity contribution in [3.05, 3.63) is 70.3 Å². The van der Waals surface area contributed by atoms with Gasteiger partial charge in [0.15, 0.2) is 0 Å². The third kappa shape index (κ3) is 6.57. The van der Waals surface area contributed by atoms with E-state index in [1.807, 2.05) is 67.3 Å². The van der Waals surface area contributed by atoms with Crippen LogP contribution >= 0.6 is 0 Å². The molecule has 0 saturated heterocycles. The molecule has 0 bridgehead atoms. The van der Waals surface area contributed by atoms with Gasteiger partial charge in [-0.2, -0.15) is 0 Å². The standard InChI is InChI=1S/C29H39N3O3/c1-5-7-8-9-10-15-27(33)31(20-21-35-4)26(6-2)28-30-25-14-12-11-13-24(25)29(34)32(28)23-18-16-22(3)17-19-23/h11-14,16-19,26H,5-10,15,20-21H2,1-4H3. The van der Waals surface area contributed by atoms with Crippen LogP contribution in [0.25, 0.3) is 16.6 Å². The predicted octanol–water partition coefficient (Wildman–Crippen LogP) is 5.98. The molecule has 1 aromatic heterocycles. The van der Waals surface area contributed by atoms with Gasteiger partial charge in [0.2, 0.25) is 5.91 Å². The Morgan fingerprint density at radius 2 is 1.74 bits per heavy atom. The highest BCUT2D eigenvalue weighted by Gasteiger charge is 2.28. The van der Waals surface area contributed by atoms with Crippen LogP contribution in [0.4, 0.5) is 0 Å². The molecule has 3 aromatic rings. The average Bonchev–Trinajstić information content (AvgIpc) is 2.87. The van der Waals surface area contributed by atoms with Crippen molar-refractivity contribution in [3.8, 4) is 5.69 Å². The van der Waals surface area contributed by atoms with Gasteiger partial charge in [0.05, 0.1) is 29.2 Å². The van der Waals surface area contributed by atoms with Gasteiger partial charge >= 0.3 is 0 Å². The van der Waals surface area contributed by atoms with Crippen molar-refractivity contribution in [2.45, 2.75) is 71.8 Å². The molecule has 1 amide bonds. The van der Waals surface area contributed by atoms with Crippen LogP contribution in [0.1, 0.15) is 76.2 Å². The van der Waals surface area contributed by atoms with E-state index < -0.39 is 0 Å². The molecule has 0 N–H and O–H groups in total. The van der Waals surface area contributed by atoms with Crippen LogP contribution in [0.2, 0.25) is 0 Å². The van der Waals surface area contributed by atoms with E-state index in [0.717, 1.165) is 30.5 Å². The number of rotatable bonds is 13. The van der Waals surface area contributed by atoms with Crippen LogP contribution in [0, 0.1) is 6.92 Å². The van der Waals surface area contributed by atoms with Gasteiger partial charge in [0.1, 0.15) is 5.82 Å². The Hall–Kier alpha value is -2.99. The summed E-state index contributed by atoms with van der Waals surface area (Å²) in [6.07, 6.45) is 6.58. The normalized spacial score (nSPS) is 12.1. The van der Waals surface area contributed by atoms with E-state index in [1.54, 1.807) is 11.7 Å². The molecule has 0 saturated carbocycles. The minimum atomic E-state index is -0.341. The summed E-state index contributed by atoms with van der Waals surface area (Å²) >= 11 is 0. The number of aromatic nitrogens is 2. The molecular weight excluding hydrogens is 438 g/mol. The molecule has 0 aliphatic rings. The first-order chi connectivity index (χ1) is 17.0. The zero-order valence-electron chi connectivity index (χ0n) is 21.6. The van der Waals surface area contributed by atoms with Crippen LogP contribution in [0.5, 0.6) is 0 Å². The highest BCUT2D eigenvalue weighted by molar-refractivity contribution is 5.79. The number of ether oxygens (including phenoxy) is 1. The molecule has 0 aliphatic carbocycles. The molecule has 1 unspecified atom stereocenters. The maximum absolute atomic E-state index is 13.7. The summed E-state index contributed by atoms with van der Waals surface area (Å²) in [7, 11) is 1.64. The average molecular weight is 478 g/mol. The molecule has 0 aliphatic heterocycles. The summed E-state index contributed by atoms with van der Waals surface area (Å²) in [6, 6.07) is 14.9. The lowest BCUT2D eigenvalue weighted by Crippen LogP contribution is -2.40. The van der Waals surface area contributed by atoms with E-state index in [2.05, 4.69) is 6.92 Å². The van der Waals surface area contributed by atoms with Gasteiger partial charge in [-0.1, -0.05) is 69.4 Å². The number of methoxy groups -OCH3 is 1. The van der Waals surface area contributed by atoms with Crippen molar-refractivity contribution in [2.75, 3.05) is 20.3 Å². The molecule has 6 nitrogen and oxygen atoms in total. The largest absolute Gasteiger partial charge is 0.383 e. The first-order valence-corrected chi connectivity index (χ1v) is 12.9. The molecule has 1 heterocycles. The monoisotopic (exact) mass is 477 g/mol. The van der Waals surface area contributed by atoms with Gasteiger partial charge in [-0.15, -0.1) is 0 Å². The van der Waals surface area contributed by atoms with E-state index in [-0.39, 0.29) is 17.5 Å². The summed E-state index contributed by atoms with van der Waals surface area (Å²) in [5, 5.41) is 0.567. The number of carbonyl (C=O) groups is 1. The fourth-order valence-electron chi connectivity index (χ4n) is 4.53. The van der Waals surface area contributed by atoms with Crippen molar-refractivity contribution in [1.29, 1.82) is 0 Å². The fraction of sp³-hybridized carbons (Fsp3) is 0.483. The number of fused-ring (bicyclic) bond motifs is 1. The second-order valence-electron chi connectivity index (χ2n) is 9.13. The Bertz CT molecular complexity index is 1150. The summed E-state index contributed by atoms with van der Waals surface area (Å²) in [4.78, 5) is 34.0. The Labute approximate surface area is 208 Å². The minimum absolute atomic E-state index is 0.0864. The van der Waals surface area contributed by atoms with Gasteiger partial charge in [0, 0.05) is 20.1 Å². The molecule has 0 fully saturated rings. The molecule has 3 rings (SSSR count). The van der Waals surface area contributed by atoms with E-state index >= 15 is 0 Å². The second-order valence-corrected chi connectivity index (χ2v) is 9.13. The van der Waals surface area contributed by atoms with Gasteiger partial charge in [-0.25, -0.2) is 4.98 Å². The van der Waals surface area contributed by atoms with Crippen molar-refractivity contribution in [1.82, 2.24) is 14.5 Å². The summed E-state index contributed by atoms with van der Waals surface area (Å²) in [6.45, 7) is 7.14. The number of nitrogens with zero attached hydrogens (tertiary/aromatic N) is 3. The highest BCUT2D eigenvalue weighted by Crippen LogP contribution is 2.27. The van der Waals surface area contributed by atoms with E-state index in [1.165, 1.54) is 12.8 Å². The number of carbonyl (C=O) groups excluding carboxylic acids is 1. The van der Waals surface area contributed by atoms with Crippen LogP contribution in [-0.2, 0) is 9.53 Å². The predicted molar refractivity (Wildman–Crippen MR) is 142 cm³/mol. The number of unbranched alkanes of at least 4 members (excludes halogenated alkanes) is 4. The molecule has 0 spiro atoms. The molecule has 6 heteroatoms. The van der Waals surface area contributed by atoms with Crippen molar-refractivity contribution in [2.24, 2.45) is 0 Å². The Kier molecular flexibility index (Phi) is 10.0. The Balaban J connectivity index is 2.07. The number of hydrogen-bond acceptors (Lipinski definition) is 4. The molecule has 1 atom stereocenters. The SMILES string of the molecule is CCCCCCCC(=O)N(CCOC)C(CC)c1nc2ccccc2c(=O)n1-c1ccc(C)cc1. The van der Waals surface area contributed by atoms with Crippen LogP contribution in [0.3, 0.4) is 0 Å². The molecule has 35 heavy (non-hydrogen) atoms. The smallest absolute Gasteiger partial charge is 0.266 e. The van der Waals surface area contributed by atoms with Crippen LogP contribution < -0.4 is 5.56 Å². The lowest BCUT2D eigenvalue weighted by atomic mass is 10.1. The highest BCUT2D eigenvalue weighted by atomic mass is 16.5. The van der Waals surface area contributed by atoms with Crippen molar-refractivity contribution in [3.63, 3.8) is 0 Å². The van der Waals surface area contributed by atoms with Crippen LogP contribution in [-0.4, -0.2) is 40.6 Å². The Morgan fingerprint density at radius 3 is 2.43 bits per heavy atom. The zero-order chi connectivity index (χ0) is 25.2. The number of aryl methyl sites for hydroxylation is 1. The maximum Gasteiger partial charge on any atom is 0.266 e. The number of hydrogen-bond donors (Lipinski definition) is 0. The first kappa shape index (κ1) is 26.6. The van der Waals surface area contributed by atoms with Gasteiger partial charge in [0.25, 0.3) is 5.56 Å². The van der Waals surface area contributed by atoms with Crippen molar-refractivity contribution >= 4 is 16.8 Å². The number of para-hydroxylation sites is 1. The zero-order valence-corrected chi connectivity index (χ0v) is 21.6. The molecule has 188 valence electrons. The molecule has 0 radical (unpaired) electrons. The van der Waals surface area contributed by atoms with Gasteiger partial charge in [-0.05, 0) is 44.0 Å². The third-order valence-electron chi connectivity index (χ3n) is 6.51. The van der Waals surface area contributed by atoms with Crippen LogP contribution in [0.15, 0.2) is 53.3 Å². The van der Waals surface area contributed by atoms with E-state index in [4.69, 9.17) is 9.72 Å².